The summed E-state index contributed by atoms with van der Waals surface area (Å²) in [5.74, 6) is 1.17. The molecule has 6 rings (SSSR count). The minimum Gasteiger partial charge on any atom is -0.472 e. The normalized spacial score (nSPS) is 40.1. The Hall–Kier alpha value is -2.03. The highest BCUT2D eigenvalue weighted by atomic mass is 19.4. The van der Waals surface area contributed by atoms with Crippen molar-refractivity contribution in [2.75, 3.05) is 6.54 Å². The zero-order chi connectivity index (χ0) is 21.3. The molecule has 6 nitrogen and oxygen atoms in total. The van der Waals surface area contributed by atoms with Gasteiger partial charge in [0.25, 0.3) is 0 Å². The van der Waals surface area contributed by atoms with E-state index >= 15 is 0 Å². The van der Waals surface area contributed by atoms with Crippen LogP contribution in [-0.2, 0) is 6.18 Å². The molecule has 5 fully saturated rings. The quantitative estimate of drug-likeness (QED) is 0.769. The monoisotopic (exact) mass is 426 g/mol. The highest BCUT2D eigenvalue weighted by Crippen LogP contribution is 2.60. The molecular formula is C21H25F3N2O4. The molecule has 0 radical (unpaired) electrons. The van der Waals surface area contributed by atoms with Crippen LogP contribution in [0.2, 0.25) is 0 Å². The van der Waals surface area contributed by atoms with Gasteiger partial charge in [-0.3, -0.25) is 0 Å². The Morgan fingerprint density at radius 3 is 2.43 bits per heavy atom. The van der Waals surface area contributed by atoms with Gasteiger partial charge in [0.2, 0.25) is 5.88 Å². The number of halogens is 3. The molecule has 0 aromatic carbocycles. The van der Waals surface area contributed by atoms with Crippen molar-refractivity contribution >= 4 is 6.09 Å². The summed E-state index contributed by atoms with van der Waals surface area (Å²) in [5, 5.41) is 20.6. The van der Waals surface area contributed by atoms with E-state index in [2.05, 4.69) is 4.98 Å². The fourth-order valence-electron chi connectivity index (χ4n) is 6.95. The number of hydrogen-bond acceptors (Lipinski definition) is 4. The zero-order valence-electron chi connectivity index (χ0n) is 16.4. The lowest BCUT2D eigenvalue weighted by Crippen LogP contribution is -2.61. The molecule has 1 aromatic rings. The molecule has 2 heterocycles. The van der Waals surface area contributed by atoms with Crippen molar-refractivity contribution < 1.29 is 32.9 Å². The van der Waals surface area contributed by atoms with E-state index in [0.29, 0.717) is 31.7 Å². The molecule has 30 heavy (non-hydrogen) atoms. The molecule has 2 N–H and O–H groups in total. The van der Waals surface area contributed by atoms with Crippen LogP contribution in [0.4, 0.5) is 18.0 Å². The van der Waals surface area contributed by atoms with E-state index < -0.39 is 29.5 Å². The number of hydrogen-bond donors (Lipinski definition) is 2. The van der Waals surface area contributed by atoms with Crippen molar-refractivity contribution in [3.05, 3.63) is 23.9 Å². The number of carboxylic acid groups (broad SMARTS) is 1. The predicted octanol–water partition coefficient (Wildman–Crippen LogP) is 3.79. The lowest BCUT2D eigenvalue weighted by atomic mass is 9.48. The number of aliphatic hydroxyl groups is 1. The molecular weight excluding hydrogens is 401 g/mol. The van der Waals surface area contributed by atoms with E-state index in [1.54, 1.807) is 0 Å². The van der Waals surface area contributed by atoms with Gasteiger partial charge in [-0.1, -0.05) is 0 Å². The third-order valence-electron chi connectivity index (χ3n) is 7.68. The maximum absolute atomic E-state index is 12.8. The second-order valence-electron chi connectivity index (χ2n) is 9.57. The average Bonchev–Trinajstić information content (AvgIpc) is 3.03. The second-order valence-corrected chi connectivity index (χ2v) is 9.57. The molecule has 0 spiro atoms. The van der Waals surface area contributed by atoms with Crippen LogP contribution in [-0.4, -0.2) is 50.5 Å². The topological polar surface area (TPSA) is 82.9 Å². The molecule has 1 amide bonds. The van der Waals surface area contributed by atoms with Crippen LogP contribution in [0, 0.1) is 23.7 Å². The maximum Gasteiger partial charge on any atom is 0.417 e. The van der Waals surface area contributed by atoms with Gasteiger partial charge in [-0.15, -0.1) is 0 Å². The van der Waals surface area contributed by atoms with Gasteiger partial charge in [-0.25, -0.2) is 9.78 Å². The number of rotatable bonds is 3. The molecule has 1 saturated heterocycles. The van der Waals surface area contributed by atoms with Gasteiger partial charge in [0.1, 0.15) is 6.10 Å². The van der Waals surface area contributed by atoms with Crippen molar-refractivity contribution in [2.45, 2.75) is 62.4 Å². The summed E-state index contributed by atoms with van der Waals surface area (Å²) in [6.45, 7) is 0.328. The van der Waals surface area contributed by atoms with Crippen molar-refractivity contribution in [1.29, 1.82) is 0 Å². The molecule has 5 aliphatic rings. The fourth-order valence-corrected chi connectivity index (χ4v) is 6.95. The van der Waals surface area contributed by atoms with E-state index in [1.807, 2.05) is 0 Å². The van der Waals surface area contributed by atoms with E-state index in [1.165, 1.54) is 11.0 Å². The number of alkyl halides is 3. The molecule has 7 atom stereocenters. The number of likely N-dealkylation sites (tertiary alicyclic amines) is 1. The molecule has 1 aliphatic heterocycles. The summed E-state index contributed by atoms with van der Waals surface area (Å²) >= 11 is 0. The number of amides is 1. The van der Waals surface area contributed by atoms with Gasteiger partial charge in [0, 0.05) is 25.2 Å². The van der Waals surface area contributed by atoms with Crippen LogP contribution in [0.1, 0.15) is 44.1 Å². The summed E-state index contributed by atoms with van der Waals surface area (Å²) in [6.07, 6.45) is -0.480. The van der Waals surface area contributed by atoms with E-state index in [0.717, 1.165) is 31.5 Å². The van der Waals surface area contributed by atoms with E-state index in [-0.39, 0.29) is 29.7 Å². The predicted molar refractivity (Wildman–Crippen MR) is 98.8 cm³/mol. The van der Waals surface area contributed by atoms with Crippen molar-refractivity contribution in [1.82, 2.24) is 9.88 Å². The third-order valence-corrected chi connectivity index (χ3v) is 7.68. The number of nitrogens with zero attached hydrogens (tertiary/aromatic N) is 2. The minimum absolute atomic E-state index is 0.0766. The third kappa shape index (κ3) is 3.31. The van der Waals surface area contributed by atoms with Gasteiger partial charge < -0.3 is 19.8 Å². The first-order valence-electron chi connectivity index (χ1n) is 10.5. The Morgan fingerprint density at radius 2 is 1.90 bits per heavy atom. The van der Waals surface area contributed by atoms with Gasteiger partial charge in [-0.2, -0.15) is 13.2 Å². The minimum atomic E-state index is -4.47. The molecule has 4 saturated carbocycles. The Kier molecular flexibility index (Phi) is 4.47. The second kappa shape index (κ2) is 6.73. The highest BCUT2D eigenvalue weighted by Gasteiger charge is 2.59. The van der Waals surface area contributed by atoms with Crippen molar-refractivity contribution in [3.8, 4) is 5.88 Å². The maximum atomic E-state index is 12.8. The largest absolute Gasteiger partial charge is 0.472 e. The van der Waals surface area contributed by atoms with Crippen molar-refractivity contribution in [2.24, 2.45) is 23.7 Å². The molecule has 164 valence electrons. The van der Waals surface area contributed by atoms with E-state index in [4.69, 9.17) is 4.74 Å². The lowest BCUT2D eigenvalue weighted by molar-refractivity contribution is -0.167. The van der Waals surface area contributed by atoms with Crippen LogP contribution in [0.15, 0.2) is 18.3 Å². The van der Waals surface area contributed by atoms with Gasteiger partial charge in [-0.05, 0) is 61.8 Å². The summed E-state index contributed by atoms with van der Waals surface area (Å²) in [5.41, 5.74) is -1.47. The summed E-state index contributed by atoms with van der Waals surface area (Å²) < 4.78 is 44.4. The lowest BCUT2D eigenvalue weighted by Gasteiger charge is -2.60. The van der Waals surface area contributed by atoms with Gasteiger partial charge >= 0.3 is 12.3 Å². The fraction of sp³-hybridized carbons (Fsp3) is 0.714. The van der Waals surface area contributed by atoms with Crippen LogP contribution < -0.4 is 4.74 Å². The zero-order valence-corrected chi connectivity index (χ0v) is 16.4. The molecule has 9 heteroatoms. The first-order valence-corrected chi connectivity index (χ1v) is 10.5. The number of ether oxygens (including phenoxy) is 1. The summed E-state index contributed by atoms with van der Waals surface area (Å²) in [7, 11) is 0. The van der Waals surface area contributed by atoms with Gasteiger partial charge in [0.15, 0.2) is 0 Å². The Labute approximate surface area is 172 Å². The summed E-state index contributed by atoms with van der Waals surface area (Å²) in [6, 6.07) is 1.76. The van der Waals surface area contributed by atoms with Crippen molar-refractivity contribution in [3.63, 3.8) is 0 Å². The average molecular weight is 426 g/mol. The van der Waals surface area contributed by atoms with Crippen LogP contribution in [0.3, 0.4) is 0 Å². The number of aromatic nitrogens is 1. The SMILES string of the molecule is O=C(O)N1CC[C@@H](Oc2ccc(C(F)(F)F)cn2)C1C1C2CC3C[C@H]1C[C@@](O)(C3)C2. The molecule has 4 bridgehead atoms. The van der Waals surface area contributed by atoms with Crippen LogP contribution in [0.25, 0.3) is 0 Å². The molecule has 1 aromatic heterocycles. The van der Waals surface area contributed by atoms with Crippen LogP contribution in [0.5, 0.6) is 5.88 Å². The first kappa shape index (κ1) is 19.9. The Balaban J connectivity index is 1.39. The van der Waals surface area contributed by atoms with Crippen LogP contribution >= 0.6 is 0 Å². The first-order chi connectivity index (χ1) is 14.1. The number of pyridine rings is 1. The van der Waals surface area contributed by atoms with Gasteiger partial charge in [0.05, 0.1) is 17.2 Å². The Morgan fingerprint density at radius 1 is 1.20 bits per heavy atom. The van der Waals surface area contributed by atoms with E-state index in [9.17, 15) is 28.2 Å². The highest BCUT2D eigenvalue weighted by molar-refractivity contribution is 5.66. The number of carbonyl (C=O) groups is 1. The summed E-state index contributed by atoms with van der Waals surface area (Å²) in [4.78, 5) is 17.2. The molecule has 4 unspecified atom stereocenters. The Bertz CT molecular complexity index is 815. The standard InChI is InChI=1S/C21H25F3N2O4/c22-21(23,24)14-1-2-16(25-10-14)30-15-3-4-26(19(27)28)18(15)17-12-5-11-6-13(17)9-20(29,7-11)8-12/h1-2,10-13,15,17-18,29H,3-9H2,(H,27,28)/t11?,12-,13?,15+,17?,18?,20-/m0/s1. The molecule has 4 aliphatic carbocycles. The smallest absolute Gasteiger partial charge is 0.417 e.